The van der Waals surface area contributed by atoms with E-state index in [0.29, 0.717) is 5.69 Å². The molecule has 0 radical (unpaired) electrons. The maximum atomic E-state index is 9.37. The van der Waals surface area contributed by atoms with Crippen molar-refractivity contribution in [2.75, 3.05) is 12.3 Å². The summed E-state index contributed by atoms with van der Waals surface area (Å²) in [6.07, 6.45) is -0.705. The lowest BCUT2D eigenvalue weighted by Gasteiger charge is -2.17. The maximum Gasteiger partial charge on any atom is 0.0854 e. The van der Waals surface area contributed by atoms with E-state index in [4.69, 9.17) is 17.2 Å². The second kappa shape index (κ2) is 4.23. The minimum absolute atomic E-state index is 0.158. The maximum absolute atomic E-state index is 9.37. The summed E-state index contributed by atoms with van der Waals surface area (Å²) in [5, 5.41) is 9.37. The van der Waals surface area contributed by atoms with Gasteiger partial charge in [-0.2, -0.15) is 0 Å². The van der Waals surface area contributed by atoms with Crippen LogP contribution in [0, 0.1) is 0 Å². The van der Waals surface area contributed by atoms with Gasteiger partial charge in [0.05, 0.1) is 12.1 Å². The molecule has 72 valence electrons. The van der Waals surface area contributed by atoms with Gasteiger partial charge in [0.25, 0.3) is 0 Å². The molecule has 7 N–H and O–H groups in total. The Morgan fingerprint density at radius 1 is 1.23 bits per heavy atom. The second-order valence-electron chi connectivity index (χ2n) is 3.00. The summed E-state index contributed by atoms with van der Waals surface area (Å²) in [5.41, 5.74) is 18.0. The zero-order valence-electron chi connectivity index (χ0n) is 7.35. The lowest BCUT2D eigenvalue weighted by atomic mass is 10.0. The fourth-order valence-electron chi connectivity index (χ4n) is 1.09. The van der Waals surface area contributed by atoms with E-state index < -0.39 is 12.1 Å². The standard InChI is InChI=1S/C9H15N3O/c10-5-8(13)9(12)6-1-3-7(11)4-2-6/h1-4,8-9,13H,5,10-12H2. The number of hydrogen-bond donors (Lipinski definition) is 4. The average molecular weight is 181 g/mol. The summed E-state index contributed by atoms with van der Waals surface area (Å²) in [4.78, 5) is 0. The highest BCUT2D eigenvalue weighted by molar-refractivity contribution is 5.40. The highest BCUT2D eigenvalue weighted by Gasteiger charge is 2.14. The van der Waals surface area contributed by atoms with E-state index in [-0.39, 0.29) is 6.54 Å². The van der Waals surface area contributed by atoms with Crippen LogP contribution in [0.1, 0.15) is 11.6 Å². The molecule has 0 aromatic heterocycles. The van der Waals surface area contributed by atoms with Crippen LogP contribution in [0.3, 0.4) is 0 Å². The van der Waals surface area contributed by atoms with Crippen LogP contribution in [-0.2, 0) is 0 Å². The molecule has 0 saturated carbocycles. The number of hydrogen-bond acceptors (Lipinski definition) is 4. The van der Waals surface area contributed by atoms with Crippen molar-refractivity contribution in [3.63, 3.8) is 0 Å². The number of aliphatic hydroxyl groups is 1. The van der Waals surface area contributed by atoms with Gasteiger partial charge in [-0.05, 0) is 17.7 Å². The summed E-state index contributed by atoms with van der Waals surface area (Å²) in [6, 6.07) is 6.64. The molecule has 1 aromatic carbocycles. The third-order valence-corrected chi connectivity index (χ3v) is 1.98. The highest BCUT2D eigenvalue weighted by Crippen LogP contribution is 2.15. The number of aliphatic hydroxyl groups excluding tert-OH is 1. The van der Waals surface area contributed by atoms with Gasteiger partial charge in [-0.25, -0.2) is 0 Å². The first-order valence-electron chi connectivity index (χ1n) is 4.14. The fourth-order valence-corrected chi connectivity index (χ4v) is 1.09. The van der Waals surface area contributed by atoms with Gasteiger partial charge in [0.2, 0.25) is 0 Å². The molecule has 0 aliphatic heterocycles. The Balaban J connectivity index is 2.77. The van der Waals surface area contributed by atoms with E-state index >= 15 is 0 Å². The molecule has 1 rings (SSSR count). The van der Waals surface area contributed by atoms with Gasteiger partial charge in [-0.3, -0.25) is 0 Å². The monoisotopic (exact) mass is 181 g/mol. The van der Waals surface area contributed by atoms with Crippen LogP contribution < -0.4 is 17.2 Å². The van der Waals surface area contributed by atoms with E-state index in [2.05, 4.69) is 0 Å². The molecule has 0 fully saturated rings. The lowest BCUT2D eigenvalue weighted by molar-refractivity contribution is 0.153. The number of benzene rings is 1. The Hall–Kier alpha value is -1.10. The number of rotatable bonds is 3. The number of nitrogens with two attached hydrogens (primary N) is 3. The third kappa shape index (κ3) is 2.42. The van der Waals surface area contributed by atoms with E-state index in [1.54, 1.807) is 24.3 Å². The minimum atomic E-state index is -0.705. The van der Waals surface area contributed by atoms with Crippen molar-refractivity contribution in [3.8, 4) is 0 Å². The van der Waals surface area contributed by atoms with Gasteiger partial charge < -0.3 is 22.3 Å². The lowest BCUT2D eigenvalue weighted by Crippen LogP contribution is -2.32. The van der Waals surface area contributed by atoms with Crippen LogP contribution in [-0.4, -0.2) is 17.8 Å². The van der Waals surface area contributed by atoms with Gasteiger partial charge in [0.15, 0.2) is 0 Å². The van der Waals surface area contributed by atoms with Gasteiger partial charge in [-0.15, -0.1) is 0 Å². The number of nitrogen functional groups attached to an aromatic ring is 1. The Kier molecular flexibility index (Phi) is 3.25. The molecule has 0 aliphatic rings. The third-order valence-electron chi connectivity index (χ3n) is 1.98. The van der Waals surface area contributed by atoms with Crippen LogP contribution in [0.4, 0.5) is 5.69 Å². The van der Waals surface area contributed by atoms with E-state index in [1.807, 2.05) is 0 Å². The van der Waals surface area contributed by atoms with E-state index in [0.717, 1.165) is 5.56 Å². The summed E-state index contributed by atoms with van der Waals surface area (Å²) in [6.45, 7) is 0.158. The molecular formula is C9H15N3O. The first-order valence-corrected chi connectivity index (χ1v) is 4.14. The summed E-state index contributed by atoms with van der Waals surface area (Å²) in [5.74, 6) is 0. The van der Waals surface area contributed by atoms with Gasteiger partial charge >= 0.3 is 0 Å². The molecule has 4 nitrogen and oxygen atoms in total. The van der Waals surface area contributed by atoms with Crippen molar-refractivity contribution in [2.45, 2.75) is 12.1 Å². The van der Waals surface area contributed by atoms with Gasteiger partial charge in [0, 0.05) is 12.2 Å². The van der Waals surface area contributed by atoms with E-state index in [9.17, 15) is 5.11 Å². The van der Waals surface area contributed by atoms with Crippen molar-refractivity contribution in [2.24, 2.45) is 11.5 Å². The van der Waals surface area contributed by atoms with Crippen LogP contribution in [0.5, 0.6) is 0 Å². The zero-order chi connectivity index (χ0) is 9.84. The Morgan fingerprint density at radius 2 is 1.77 bits per heavy atom. The molecule has 2 atom stereocenters. The van der Waals surface area contributed by atoms with Crippen LogP contribution in [0.25, 0.3) is 0 Å². The smallest absolute Gasteiger partial charge is 0.0854 e. The van der Waals surface area contributed by atoms with Crippen LogP contribution in [0.2, 0.25) is 0 Å². The van der Waals surface area contributed by atoms with E-state index in [1.165, 1.54) is 0 Å². The molecule has 0 bridgehead atoms. The normalized spacial score (nSPS) is 15.3. The van der Waals surface area contributed by atoms with Crippen molar-refractivity contribution >= 4 is 5.69 Å². The summed E-state index contributed by atoms with van der Waals surface area (Å²) < 4.78 is 0. The van der Waals surface area contributed by atoms with Crippen molar-refractivity contribution in [3.05, 3.63) is 29.8 Å². The first-order chi connectivity index (χ1) is 6.15. The molecular weight excluding hydrogens is 166 g/mol. The van der Waals surface area contributed by atoms with Gasteiger partial charge in [0.1, 0.15) is 0 Å². The molecule has 0 saturated heterocycles. The van der Waals surface area contributed by atoms with Crippen molar-refractivity contribution in [1.82, 2.24) is 0 Å². The fraction of sp³-hybridized carbons (Fsp3) is 0.333. The molecule has 0 aliphatic carbocycles. The predicted octanol–water partition coefficient (Wildman–Crippen LogP) is -0.412. The largest absolute Gasteiger partial charge is 0.399 e. The Labute approximate surface area is 77.3 Å². The number of anilines is 1. The predicted molar refractivity (Wildman–Crippen MR) is 52.8 cm³/mol. The van der Waals surface area contributed by atoms with Crippen molar-refractivity contribution in [1.29, 1.82) is 0 Å². The quantitative estimate of drug-likeness (QED) is 0.476. The highest BCUT2D eigenvalue weighted by atomic mass is 16.3. The molecule has 4 heteroatoms. The Bertz CT molecular complexity index is 260. The molecule has 13 heavy (non-hydrogen) atoms. The average Bonchev–Trinajstić information content (AvgIpc) is 2.17. The minimum Gasteiger partial charge on any atom is -0.399 e. The van der Waals surface area contributed by atoms with Crippen LogP contribution in [0.15, 0.2) is 24.3 Å². The van der Waals surface area contributed by atoms with Crippen LogP contribution >= 0.6 is 0 Å². The molecule has 0 spiro atoms. The summed E-state index contributed by atoms with van der Waals surface area (Å²) >= 11 is 0. The molecule has 2 unspecified atom stereocenters. The van der Waals surface area contributed by atoms with Gasteiger partial charge in [-0.1, -0.05) is 12.1 Å². The summed E-state index contributed by atoms with van der Waals surface area (Å²) in [7, 11) is 0. The molecule has 0 amide bonds. The first kappa shape index (κ1) is 9.98. The zero-order valence-corrected chi connectivity index (χ0v) is 7.35. The second-order valence-corrected chi connectivity index (χ2v) is 3.00. The SMILES string of the molecule is NCC(O)C(N)c1ccc(N)cc1. The Morgan fingerprint density at radius 3 is 2.23 bits per heavy atom. The topological polar surface area (TPSA) is 98.3 Å². The molecule has 1 aromatic rings. The molecule has 0 heterocycles. The van der Waals surface area contributed by atoms with Crippen molar-refractivity contribution < 1.29 is 5.11 Å².